The number of hydrogen-bond donors (Lipinski definition) is 2. The van der Waals surface area contributed by atoms with Crippen LogP contribution >= 0.6 is 12.2 Å². The third kappa shape index (κ3) is 4.45. The van der Waals surface area contributed by atoms with Crippen LogP contribution in [-0.4, -0.2) is 22.8 Å². The molecule has 0 saturated carbocycles. The van der Waals surface area contributed by atoms with E-state index in [2.05, 4.69) is 41.6 Å². The zero-order chi connectivity index (χ0) is 23.7. The van der Waals surface area contributed by atoms with Crippen LogP contribution in [0, 0.1) is 0 Å². The van der Waals surface area contributed by atoms with Gasteiger partial charge in [-0.3, -0.25) is 10.1 Å². The van der Waals surface area contributed by atoms with Crippen molar-refractivity contribution in [2.75, 3.05) is 12.1 Å². The van der Waals surface area contributed by atoms with Crippen LogP contribution in [0.5, 0.6) is 11.5 Å². The van der Waals surface area contributed by atoms with Crippen LogP contribution < -0.4 is 20.1 Å². The van der Waals surface area contributed by atoms with E-state index < -0.39 is 0 Å². The number of oxazole rings is 1. The van der Waals surface area contributed by atoms with Gasteiger partial charge in [-0.2, -0.15) is 0 Å². The van der Waals surface area contributed by atoms with Crippen molar-refractivity contribution in [3.63, 3.8) is 0 Å². The molecule has 4 aromatic rings. The first-order chi connectivity index (χ1) is 16.5. The molecule has 8 heteroatoms. The van der Waals surface area contributed by atoms with Crippen LogP contribution in [0.3, 0.4) is 0 Å². The van der Waals surface area contributed by atoms with E-state index in [1.165, 1.54) is 5.56 Å². The SMILES string of the molecule is CC[C@@H](C)c1ccc2oc(-c3cccc(NC(=S)NC(=O)c4ccc5c(c4)OCO5)c3)nc2c1. The van der Waals surface area contributed by atoms with E-state index >= 15 is 0 Å². The zero-order valence-electron chi connectivity index (χ0n) is 18.8. The molecule has 34 heavy (non-hydrogen) atoms. The lowest BCUT2D eigenvalue weighted by molar-refractivity contribution is 0.0977. The fourth-order valence-electron chi connectivity index (χ4n) is 3.72. The zero-order valence-corrected chi connectivity index (χ0v) is 19.6. The number of nitrogens with one attached hydrogen (secondary N) is 2. The molecule has 1 aromatic heterocycles. The first-order valence-electron chi connectivity index (χ1n) is 11.0. The summed E-state index contributed by atoms with van der Waals surface area (Å²) < 4.78 is 16.6. The molecule has 0 bridgehead atoms. The van der Waals surface area contributed by atoms with Gasteiger partial charge in [0.25, 0.3) is 5.91 Å². The van der Waals surface area contributed by atoms with E-state index in [-0.39, 0.29) is 17.8 Å². The van der Waals surface area contributed by atoms with Crippen molar-refractivity contribution in [3.8, 4) is 23.0 Å². The lowest BCUT2D eigenvalue weighted by Gasteiger charge is -2.10. The Morgan fingerprint density at radius 1 is 1.09 bits per heavy atom. The molecule has 3 aromatic carbocycles. The lowest BCUT2D eigenvalue weighted by Crippen LogP contribution is -2.34. The van der Waals surface area contributed by atoms with Crippen LogP contribution in [0.1, 0.15) is 42.1 Å². The Bertz CT molecular complexity index is 1400. The molecule has 2 N–H and O–H groups in total. The number of benzene rings is 3. The van der Waals surface area contributed by atoms with Gasteiger partial charge in [0.2, 0.25) is 12.7 Å². The van der Waals surface area contributed by atoms with E-state index in [0.717, 1.165) is 23.1 Å². The van der Waals surface area contributed by atoms with Gasteiger partial charge in [-0.05, 0) is 78.7 Å². The van der Waals surface area contributed by atoms with Crippen molar-refractivity contribution in [1.29, 1.82) is 0 Å². The van der Waals surface area contributed by atoms with Gasteiger partial charge in [-0.25, -0.2) is 4.98 Å². The highest BCUT2D eigenvalue weighted by Gasteiger charge is 2.17. The number of carbonyl (C=O) groups excluding carboxylic acids is 1. The van der Waals surface area contributed by atoms with Gasteiger partial charge >= 0.3 is 0 Å². The van der Waals surface area contributed by atoms with E-state index in [1.54, 1.807) is 18.2 Å². The molecule has 2 heterocycles. The predicted molar refractivity (Wildman–Crippen MR) is 134 cm³/mol. The number of carbonyl (C=O) groups is 1. The molecule has 5 rings (SSSR count). The van der Waals surface area contributed by atoms with Crippen LogP contribution in [0.2, 0.25) is 0 Å². The minimum atomic E-state index is -0.344. The van der Waals surface area contributed by atoms with Crippen molar-refractivity contribution in [3.05, 3.63) is 71.8 Å². The molecule has 1 atom stereocenters. The van der Waals surface area contributed by atoms with Crippen LogP contribution in [0.4, 0.5) is 5.69 Å². The maximum Gasteiger partial charge on any atom is 0.257 e. The normalized spacial score (nSPS) is 13.0. The topological polar surface area (TPSA) is 85.6 Å². The summed E-state index contributed by atoms with van der Waals surface area (Å²) in [5.74, 6) is 1.79. The molecule has 172 valence electrons. The van der Waals surface area contributed by atoms with Crippen molar-refractivity contribution in [2.24, 2.45) is 0 Å². The number of anilines is 1. The van der Waals surface area contributed by atoms with Gasteiger partial charge in [0.15, 0.2) is 22.2 Å². The maximum atomic E-state index is 12.6. The molecule has 1 amide bonds. The number of rotatable bonds is 5. The Hall–Kier alpha value is -3.91. The highest BCUT2D eigenvalue weighted by Crippen LogP contribution is 2.32. The number of nitrogens with zero attached hydrogens (tertiary/aromatic N) is 1. The Labute approximate surface area is 202 Å². The highest BCUT2D eigenvalue weighted by molar-refractivity contribution is 7.80. The van der Waals surface area contributed by atoms with Gasteiger partial charge in [0, 0.05) is 16.8 Å². The number of hydrogen-bond acceptors (Lipinski definition) is 6. The standard InChI is InChI=1S/C26H23N3O4S/c1-3-15(2)16-7-9-21-20(12-16)28-25(33-21)18-5-4-6-19(11-18)27-26(34)29-24(30)17-8-10-22-23(13-17)32-14-31-22/h4-13,15H,3,14H2,1-2H3,(H2,27,29,30,34)/t15-/m1/s1. The number of fused-ring (bicyclic) bond motifs is 2. The van der Waals surface area contributed by atoms with Gasteiger partial charge in [0.1, 0.15) is 5.52 Å². The molecular formula is C26H23N3O4S. The molecule has 1 aliphatic heterocycles. The van der Waals surface area contributed by atoms with Gasteiger partial charge in [-0.1, -0.05) is 26.0 Å². The third-order valence-electron chi connectivity index (χ3n) is 5.82. The molecule has 1 aliphatic rings. The molecule has 0 spiro atoms. The van der Waals surface area contributed by atoms with Crippen molar-refractivity contribution < 1.29 is 18.7 Å². The second-order valence-corrected chi connectivity index (χ2v) is 8.52. The summed E-state index contributed by atoms with van der Waals surface area (Å²) in [5, 5.41) is 5.91. The largest absolute Gasteiger partial charge is 0.454 e. The molecular weight excluding hydrogens is 450 g/mol. The minimum Gasteiger partial charge on any atom is -0.454 e. The number of thiocarbonyl (C=S) groups is 1. The molecule has 0 fully saturated rings. The van der Waals surface area contributed by atoms with E-state index in [9.17, 15) is 4.79 Å². The number of amides is 1. The molecule has 0 radical (unpaired) electrons. The smallest absolute Gasteiger partial charge is 0.257 e. The van der Waals surface area contributed by atoms with Crippen molar-refractivity contribution >= 4 is 40.0 Å². The average Bonchev–Trinajstić information content (AvgIpc) is 3.49. The first kappa shape index (κ1) is 21.9. The summed E-state index contributed by atoms with van der Waals surface area (Å²) in [5.41, 5.74) is 4.75. The summed E-state index contributed by atoms with van der Waals surface area (Å²) in [4.78, 5) is 17.2. The Morgan fingerprint density at radius 2 is 1.94 bits per heavy atom. The summed E-state index contributed by atoms with van der Waals surface area (Å²) in [7, 11) is 0. The van der Waals surface area contributed by atoms with E-state index in [4.69, 9.17) is 26.1 Å². The van der Waals surface area contributed by atoms with Crippen LogP contribution in [0.15, 0.2) is 65.1 Å². The quantitative estimate of drug-likeness (QED) is 0.351. The Balaban J connectivity index is 1.29. The van der Waals surface area contributed by atoms with Gasteiger partial charge in [-0.15, -0.1) is 0 Å². The average molecular weight is 474 g/mol. The lowest BCUT2D eigenvalue weighted by atomic mass is 9.98. The predicted octanol–water partition coefficient (Wildman–Crippen LogP) is 5.86. The summed E-state index contributed by atoms with van der Waals surface area (Å²) in [6, 6.07) is 18.6. The minimum absolute atomic E-state index is 0.149. The summed E-state index contributed by atoms with van der Waals surface area (Å²) in [6.45, 7) is 4.52. The summed E-state index contributed by atoms with van der Waals surface area (Å²) >= 11 is 5.34. The Morgan fingerprint density at radius 3 is 2.79 bits per heavy atom. The molecule has 7 nitrogen and oxygen atoms in total. The molecule has 0 aliphatic carbocycles. The first-order valence-corrected chi connectivity index (χ1v) is 11.4. The monoisotopic (exact) mass is 473 g/mol. The van der Waals surface area contributed by atoms with E-state index in [1.807, 2.05) is 30.3 Å². The van der Waals surface area contributed by atoms with Crippen LogP contribution in [0.25, 0.3) is 22.6 Å². The van der Waals surface area contributed by atoms with Crippen LogP contribution in [-0.2, 0) is 0 Å². The maximum absolute atomic E-state index is 12.6. The van der Waals surface area contributed by atoms with Crippen molar-refractivity contribution in [1.82, 2.24) is 10.3 Å². The highest BCUT2D eigenvalue weighted by atomic mass is 32.1. The Kier molecular flexibility index (Phi) is 5.90. The summed E-state index contributed by atoms with van der Waals surface area (Å²) in [6.07, 6.45) is 1.06. The van der Waals surface area contributed by atoms with Gasteiger partial charge < -0.3 is 19.2 Å². The van der Waals surface area contributed by atoms with E-state index in [0.29, 0.717) is 34.6 Å². The molecule has 0 saturated heterocycles. The second kappa shape index (κ2) is 9.15. The third-order valence-corrected chi connectivity index (χ3v) is 6.03. The second-order valence-electron chi connectivity index (χ2n) is 8.11. The fraction of sp³-hybridized carbons (Fsp3) is 0.192. The van der Waals surface area contributed by atoms with Gasteiger partial charge in [0.05, 0.1) is 0 Å². The molecule has 0 unspecified atom stereocenters. The fourth-order valence-corrected chi connectivity index (χ4v) is 3.93. The van der Waals surface area contributed by atoms with Crippen molar-refractivity contribution in [2.45, 2.75) is 26.2 Å². The number of aromatic nitrogens is 1. The number of ether oxygens (including phenoxy) is 2.